The maximum atomic E-state index is 13.4. The van der Waals surface area contributed by atoms with Gasteiger partial charge in [0.15, 0.2) is 53.2 Å². The Hall–Kier alpha value is -11.9. The molecule has 0 heterocycles. The average Bonchev–Trinajstić information content (AvgIpc) is 1.63. The molecule has 9 N–H and O–H groups in total. The molecule has 30 nitrogen and oxygen atoms in total. The SMILES string of the molecule is COc1cc2c(cc1OCCCNC(=O)O[C@@H](Cc1ccccc1)NC(=O)[C@H](C)NC(=O)OC(C)(C)C)Cc1cc(OC)c(OCCCNC(=O)O[C@@H](Cc3ccccc3)NC(=O)[C@H](C)NC(=O)OC(C)(C)C)cc1Cc1cc(OC)c(OCCCNC(=O)O[C@@H](Cc3ccccc3)NC(=O)[C@H](C)NC(=O)OC(C)(C)C)cc1C2. The van der Waals surface area contributed by atoms with Crippen LogP contribution in [0.15, 0.2) is 127 Å². The molecule has 30 heteroatoms. The monoisotopic (exact) mass is 1580 g/mol. The van der Waals surface area contributed by atoms with E-state index in [1.807, 2.05) is 127 Å². The first-order valence-electron chi connectivity index (χ1n) is 37.9. The molecule has 0 bridgehead atoms. The van der Waals surface area contributed by atoms with Gasteiger partial charge >= 0.3 is 36.6 Å². The summed E-state index contributed by atoms with van der Waals surface area (Å²) in [6, 6.07) is 35.9. The second kappa shape index (κ2) is 43.3. The predicted octanol–water partition coefficient (Wildman–Crippen LogP) is 11.1. The smallest absolute Gasteiger partial charge is 0.409 e. The van der Waals surface area contributed by atoms with E-state index in [0.717, 1.165) is 50.1 Å². The number of amides is 9. The third-order valence-electron chi connectivity index (χ3n) is 17.0. The van der Waals surface area contributed by atoms with Crippen LogP contribution < -0.4 is 76.3 Å². The van der Waals surface area contributed by atoms with E-state index in [1.54, 1.807) is 83.6 Å². The average molecular weight is 1580 g/mol. The van der Waals surface area contributed by atoms with Crippen molar-refractivity contribution in [2.45, 2.75) is 194 Å². The number of alkyl carbamates (subject to hydrolysis) is 6. The van der Waals surface area contributed by atoms with Crippen molar-refractivity contribution in [2.24, 2.45) is 0 Å². The lowest BCUT2D eigenvalue weighted by atomic mass is 9.94. The Labute approximate surface area is 666 Å². The molecule has 0 saturated carbocycles. The van der Waals surface area contributed by atoms with Crippen LogP contribution in [0.25, 0.3) is 0 Å². The van der Waals surface area contributed by atoms with E-state index >= 15 is 0 Å². The van der Waals surface area contributed by atoms with Crippen molar-refractivity contribution >= 4 is 54.3 Å². The van der Waals surface area contributed by atoms with Gasteiger partial charge in [0.1, 0.15) is 34.9 Å². The first-order valence-corrected chi connectivity index (χ1v) is 37.9. The number of methoxy groups -OCH3 is 3. The second-order valence-electron chi connectivity index (χ2n) is 30.1. The van der Waals surface area contributed by atoms with Gasteiger partial charge in [0.05, 0.1) is 41.2 Å². The van der Waals surface area contributed by atoms with E-state index in [0.29, 0.717) is 73.0 Å². The number of carbonyl (C=O) groups is 9. The second-order valence-corrected chi connectivity index (χ2v) is 30.1. The van der Waals surface area contributed by atoms with Crippen LogP contribution in [0.5, 0.6) is 34.5 Å². The number of nitrogens with one attached hydrogen (secondary N) is 9. The summed E-state index contributed by atoms with van der Waals surface area (Å²) < 4.78 is 70.6. The largest absolute Gasteiger partial charge is 0.493 e. The summed E-state index contributed by atoms with van der Waals surface area (Å²) in [7, 11) is 4.63. The number of hydrogen-bond donors (Lipinski definition) is 9. The van der Waals surface area contributed by atoms with E-state index < -0.39 is 108 Å². The predicted molar refractivity (Wildman–Crippen MR) is 424 cm³/mol. The molecular weight excluding hydrogens is 1470 g/mol. The molecule has 6 aromatic carbocycles. The van der Waals surface area contributed by atoms with Crippen LogP contribution in [0.1, 0.15) is 152 Å². The summed E-state index contributed by atoms with van der Waals surface area (Å²) >= 11 is 0. The normalized spacial score (nSPS) is 13.3. The Morgan fingerprint density at radius 1 is 0.325 bits per heavy atom. The Morgan fingerprint density at radius 2 is 0.553 bits per heavy atom. The Balaban J connectivity index is 1.07. The molecule has 114 heavy (non-hydrogen) atoms. The molecule has 0 unspecified atom stereocenters. The van der Waals surface area contributed by atoms with Crippen molar-refractivity contribution in [3.05, 3.63) is 177 Å². The Morgan fingerprint density at radius 3 is 0.772 bits per heavy atom. The lowest BCUT2D eigenvalue weighted by Gasteiger charge is -2.24. The molecule has 1 aliphatic carbocycles. The van der Waals surface area contributed by atoms with Gasteiger partial charge in [0.2, 0.25) is 17.7 Å². The van der Waals surface area contributed by atoms with Crippen LogP contribution in [-0.2, 0) is 81.3 Å². The number of fused-ring (bicyclic) bond motifs is 3. The van der Waals surface area contributed by atoms with Crippen molar-refractivity contribution in [2.75, 3.05) is 60.8 Å². The van der Waals surface area contributed by atoms with E-state index in [9.17, 15) is 43.2 Å². The first-order chi connectivity index (χ1) is 54.1. The van der Waals surface area contributed by atoms with Crippen molar-refractivity contribution in [3.8, 4) is 34.5 Å². The standard InChI is InChI=1S/C84H111N9O21/c1-52(88-79(100)112-82(4,5)6)73(94)91-70(40-55-28-19-16-20-29-55)109-76(97)85-34-25-37-106-67-49-61-43-59-47-65(104-14)69(108-39-27-36-87-78(99)111-72(42-57-32-23-18-24-33-57)93-75(96)54(3)90-81(102)114-84(10,11)12)51-63(59)45-60-48-66(105-15)68(50-62(60)44-58(61)46-64(67)103-13)107-38-26-35-86-77(98)110-71(41-56-30-21-17-22-31-56)92-74(95)53(2)89-80(101)113-83(7,8)9/h16-24,28-33,46-54,70-72H,25-27,34-45H2,1-15H3,(H,85,97)(H,86,98)(H,87,99)(H,88,100)(H,89,101)(H,90,102)(H,91,94)(H,92,95)(H,93,96)/t52-,53-,54-,70-,71-,72-/m0/s1. The molecule has 6 atom stereocenters. The summed E-state index contributed by atoms with van der Waals surface area (Å²) in [5, 5.41) is 23.9. The molecule has 0 saturated heterocycles. The van der Waals surface area contributed by atoms with Gasteiger partial charge in [-0.15, -0.1) is 0 Å². The molecule has 0 fully saturated rings. The summed E-state index contributed by atoms with van der Waals surface area (Å²) in [5.74, 6) is 0.795. The zero-order valence-corrected chi connectivity index (χ0v) is 67.8. The number of ether oxygens (including phenoxy) is 12. The lowest BCUT2D eigenvalue weighted by Crippen LogP contribution is -2.51. The van der Waals surface area contributed by atoms with E-state index in [2.05, 4.69) is 47.9 Å². The minimum absolute atomic E-state index is 0.118. The summed E-state index contributed by atoms with van der Waals surface area (Å²) in [4.78, 5) is 118. The lowest BCUT2D eigenvalue weighted by molar-refractivity contribution is -0.126. The van der Waals surface area contributed by atoms with E-state index in [4.69, 9.17) is 56.8 Å². The van der Waals surface area contributed by atoms with Gasteiger partial charge in [-0.2, -0.15) is 0 Å². The Kier molecular flexibility index (Phi) is 33.9. The summed E-state index contributed by atoms with van der Waals surface area (Å²) in [6.07, 6.45) is -5.55. The quantitative estimate of drug-likeness (QED) is 0.0100. The third kappa shape index (κ3) is 31.4. The number of carbonyl (C=O) groups excluding carboxylic acids is 9. The van der Waals surface area contributed by atoms with Crippen LogP contribution in [0.4, 0.5) is 28.8 Å². The maximum Gasteiger partial charge on any atom is 0.409 e. The fraction of sp³-hybridized carbons (Fsp3) is 0.464. The highest BCUT2D eigenvalue weighted by molar-refractivity contribution is 5.87. The summed E-state index contributed by atoms with van der Waals surface area (Å²) in [6.45, 7) is 20.5. The molecule has 0 aromatic heterocycles. The van der Waals surface area contributed by atoms with E-state index in [-0.39, 0.29) is 58.7 Å². The van der Waals surface area contributed by atoms with Crippen molar-refractivity contribution < 1.29 is 100.0 Å². The van der Waals surface area contributed by atoms with Gasteiger partial charge in [0, 0.05) is 38.9 Å². The molecule has 618 valence electrons. The van der Waals surface area contributed by atoms with Crippen molar-refractivity contribution in [1.29, 1.82) is 0 Å². The van der Waals surface area contributed by atoms with Gasteiger partial charge in [-0.1, -0.05) is 91.0 Å². The highest BCUT2D eigenvalue weighted by Crippen LogP contribution is 2.41. The molecule has 6 aromatic rings. The molecular formula is C84H111N9O21. The van der Waals surface area contributed by atoms with Crippen LogP contribution in [0.3, 0.4) is 0 Å². The van der Waals surface area contributed by atoms with Crippen LogP contribution in [0, 0.1) is 0 Å². The molecule has 0 aliphatic heterocycles. The highest BCUT2D eigenvalue weighted by Gasteiger charge is 2.30. The fourth-order valence-electron chi connectivity index (χ4n) is 11.6. The first kappa shape index (κ1) is 89.4. The van der Waals surface area contributed by atoms with Crippen LogP contribution >= 0.6 is 0 Å². The summed E-state index contributed by atoms with van der Waals surface area (Å²) in [5.41, 5.74) is 5.27. The van der Waals surface area contributed by atoms with Gasteiger partial charge in [-0.05, 0) is 208 Å². The number of benzene rings is 6. The minimum atomic E-state index is -1.11. The fourth-order valence-corrected chi connectivity index (χ4v) is 11.6. The van der Waals surface area contributed by atoms with Crippen LogP contribution in [0.2, 0.25) is 0 Å². The van der Waals surface area contributed by atoms with Crippen molar-refractivity contribution in [1.82, 2.24) is 47.9 Å². The number of rotatable bonds is 36. The van der Waals surface area contributed by atoms with Gasteiger partial charge in [-0.25, -0.2) is 28.8 Å². The molecule has 7 rings (SSSR count). The number of hydrogen-bond acceptors (Lipinski definition) is 21. The molecule has 0 radical (unpaired) electrons. The molecule has 9 amide bonds. The highest BCUT2D eigenvalue weighted by atomic mass is 16.6. The van der Waals surface area contributed by atoms with Crippen molar-refractivity contribution in [3.63, 3.8) is 0 Å². The molecule has 1 aliphatic rings. The third-order valence-corrected chi connectivity index (χ3v) is 17.0. The zero-order valence-electron chi connectivity index (χ0n) is 67.8. The van der Waals surface area contributed by atoms with Gasteiger partial charge in [-0.3, -0.25) is 14.4 Å². The minimum Gasteiger partial charge on any atom is -0.493 e. The van der Waals surface area contributed by atoms with Gasteiger partial charge < -0.3 is 105 Å². The van der Waals surface area contributed by atoms with Crippen LogP contribution in [-0.4, -0.2) is 169 Å². The van der Waals surface area contributed by atoms with Gasteiger partial charge in [0.25, 0.3) is 0 Å². The maximum absolute atomic E-state index is 13.4. The zero-order chi connectivity index (χ0) is 83.1. The molecule has 0 spiro atoms. The van der Waals surface area contributed by atoms with E-state index in [1.165, 1.54) is 20.8 Å². The topological polar surface area (TPSA) is 373 Å². The Bertz CT molecular complexity index is 3770.